The van der Waals surface area contributed by atoms with Gasteiger partial charge in [-0.25, -0.2) is 4.79 Å². The van der Waals surface area contributed by atoms with E-state index in [0.717, 1.165) is 36.0 Å². The van der Waals surface area contributed by atoms with Crippen molar-refractivity contribution in [2.45, 2.75) is 31.5 Å². The maximum atomic E-state index is 11.9. The molecule has 3 rings (SSSR count). The van der Waals surface area contributed by atoms with E-state index in [1.165, 1.54) is 0 Å². The Kier molecular flexibility index (Phi) is 3.40. The van der Waals surface area contributed by atoms with Crippen LogP contribution in [-0.4, -0.2) is 27.0 Å². The first-order chi connectivity index (χ1) is 9.58. The first kappa shape index (κ1) is 13.4. The minimum Gasteiger partial charge on any atom is -0.388 e. The topological polar surface area (TPSA) is 56.4 Å². The third kappa shape index (κ3) is 2.17. The molecular weight excluding hydrogens is 256 g/mol. The van der Waals surface area contributed by atoms with Crippen LogP contribution in [0, 0.1) is 0 Å². The predicted molar refractivity (Wildman–Crippen MR) is 76.7 cm³/mol. The fourth-order valence-corrected chi connectivity index (χ4v) is 2.95. The minimum atomic E-state index is -0.544. The fraction of sp³-hybridized carbons (Fsp3) is 0.533. The highest BCUT2D eigenvalue weighted by atomic mass is 16.5. The summed E-state index contributed by atoms with van der Waals surface area (Å²) in [5, 5.41) is 10.3. The summed E-state index contributed by atoms with van der Waals surface area (Å²) in [6.07, 6.45) is 2.32. The van der Waals surface area contributed by atoms with Crippen molar-refractivity contribution < 1.29 is 9.84 Å². The lowest BCUT2D eigenvalue weighted by atomic mass is 10.0. The van der Waals surface area contributed by atoms with Crippen LogP contribution >= 0.6 is 0 Å². The summed E-state index contributed by atoms with van der Waals surface area (Å²) in [4.78, 5) is 11.9. The monoisotopic (exact) mass is 276 g/mol. The molecule has 108 valence electrons. The molecule has 5 heteroatoms. The van der Waals surface area contributed by atoms with Gasteiger partial charge in [-0.15, -0.1) is 0 Å². The lowest BCUT2D eigenvalue weighted by Gasteiger charge is -2.15. The van der Waals surface area contributed by atoms with Crippen LogP contribution in [0.1, 0.15) is 30.9 Å². The summed E-state index contributed by atoms with van der Waals surface area (Å²) < 4.78 is 8.79. The zero-order valence-corrected chi connectivity index (χ0v) is 11.9. The molecule has 1 aromatic heterocycles. The Morgan fingerprint density at radius 1 is 1.35 bits per heavy atom. The largest absolute Gasteiger partial charge is 0.388 e. The molecule has 0 spiro atoms. The molecule has 2 heterocycles. The Labute approximate surface area is 117 Å². The quantitative estimate of drug-likeness (QED) is 0.924. The molecule has 1 fully saturated rings. The van der Waals surface area contributed by atoms with Crippen LogP contribution in [0.15, 0.2) is 23.0 Å². The minimum absolute atomic E-state index is 0.0502. The molecule has 2 unspecified atom stereocenters. The number of imidazole rings is 1. The summed E-state index contributed by atoms with van der Waals surface area (Å²) in [7, 11) is 3.51. The molecular formula is C15H20N2O3. The van der Waals surface area contributed by atoms with Crippen molar-refractivity contribution in [1.29, 1.82) is 0 Å². The number of ether oxygens (including phenoxy) is 1. The molecule has 5 nitrogen and oxygen atoms in total. The van der Waals surface area contributed by atoms with Gasteiger partial charge in [0.05, 0.1) is 23.2 Å². The third-order valence-corrected chi connectivity index (χ3v) is 4.19. The molecule has 1 N–H and O–H groups in total. The second kappa shape index (κ2) is 5.07. The van der Waals surface area contributed by atoms with Crippen molar-refractivity contribution in [2.24, 2.45) is 14.1 Å². The molecule has 0 saturated carbocycles. The van der Waals surface area contributed by atoms with Crippen LogP contribution in [0.3, 0.4) is 0 Å². The van der Waals surface area contributed by atoms with E-state index in [9.17, 15) is 9.90 Å². The number of rotatable bonds is 3. The Hall–Kier alpha value is -1.59. The van der Waals surface area contributed by atoms with E-state index in [1.807, 2.05) is 18.2 Å². The molecule has 0 aliphatic carbocycles. The lowest BCUT2D eigenvalue weighted by molar-refractivity contribution is 0.0535. The smallest absolute Gasteiger partial charge is 0.328 e. The fourth-order valence-electron chi connectivity index (χ4n) is 2.95. The third-order valence-electron chi connectivity index (χ3n) is 4.19. The zero-order valence-electron chi connectivity index (χ0n) is 11.9. The van der Waals surface area contributed by atoms with Gasteiger partial charge in [0.1, 0.15) is 0 Å². The SMILES string of the molecule is Cn1c(=O)n(C)c2cc(C(O)CC3CCCO3)ccc21. The van der Waals surface area contributed by atoms with Crippen LogP contribution in [0.25, 0.3) is 11.0 Å². The number of nitrogens with zero attached hydrogens (tertiary/aromatic N) is 2. The van der Waals surface area contributed by atoms with Crippen LogP contribution in [0.5, 0.6) is 0 Å². The van der Waals surface area contributed by atoms with Gasteiger partial charge in [-0.05, 0) is 30.5 Å². The maximum Gasteiger partial charge on any atom is 0.328 e. The second-order valence-electron chi connectivity index (χ2n) is 5.54. The molecule has 20 heavy (non-hydrogen) atoms. The number of aliphatic hydroxyl groups is 1. The van der Waals surface area contributed by atoms with Crippen molar-refractivity contribution in [1.82, 2.24) is 9.13 Å². The number of benzene rings is 1. The van der Waals surface area contributed by atoms with Gasteiger partial charge in [-0.2, -0.15) is 0 Å². The van der Waals surface area contributed by atoms with Gasteiger partial charge in [0.25, 0.3) is 0 Å². The molecule has 2 aromatic rings. The lowest BCUT2D eigenvalue weighted by Crippen LogP contribution is -2.19. The molecule has 2 atom stereocenters. The van der Waals surface area contributed by atoms with E-state index in [0.29, 0.717) is 6.42 Å². The highest BCUT2D eigenvalue weighted by Gasteiger charge is 2.21. The molecule has 0 radical (unpaired) electrons. The molecule has 0 bridgehead atoms. The summed E-state index contributed by atoms with van der Waals surface area (Å²) in [5.41, 5.74) is 2.52. The van der Waals surface area contributed by atoms with Crippen molar-refractivity contribution in [2.75, 3.05) is 6.61 Å². The summed E-state index contributed by atoms with van der Waals surface area (Å²) >= 11 is 0. The van der Waals surface area contributed by atoms with E-state index >= 15 is 0 Å². The number of hydrogen-bond acceptors (Lipinski definition) is 3. The highest BCUT2D eigenvalue weighted by molar-refractivity contribution is 5.76. The van der Waals surface area contributed by atoms with E-state index in [4.69, 9.17) is 4.74 Å². The first-order valence-electron chi connectivity index (χ1n) is 7.03. The van der Waals surface area contributed by atoms with Crippen LogP contribution < -0.4 is 5.69 Å². The molecule has 1 saturated heterocycles. The van der Waals surface area contributed by atoms with Crippen LogP contribution in [-0.2, 0) is 18.8 Å². The Morgan fingerprint density at radius 3 is 2.80 bits per heavy atom. The van der Waals surface area contributed by atoms with Gasteiger partial charge in [0.2, 0.25) is 0 Å². The van der Waals surface area contributed by atoms with Crippen molar-refractivity contribution >= 4 is 11.0 Å². The van der Waals surface area contributed by atoms with Crippen LogP contribution in [0.2, 0.25) is 0 Å². The van der Waals surface area contributed by atoms with E-state index < -0.39 is 6.10 Å². The van der Waals surface area contributed by atoms with Crippen LogP contribution in [0.4, 0.5) is 0 Å². The highest BCUT2D eigenvalue weighted by Crippen LogP contribution is 2.26. The molecule has 0 amide bonds. The first-order valence-corrected chi connectivity index (χ1v) is 7.03. The van der Waals surface area contributed by atoms with Gasteiger partial charge in [0.15, 0.2) is 0 Å². The van der Waals surface area contributed by atoms with E-state index in [1.54, 1.807) is 23.2 Å². The maximum absolute atomic E-state index is 11.9. The van der Waals surface area contributed by atoms with Gasteiger partial charge in [0, 0.05) is 27.1 Å². The standard InChI is InChI=1S/C15H20N2O3/c1-16-12-6-5-10(8-13(12)17(2)15(16)19)14(18)9-11-4-3-7-20-11/h5-6,8,11,14,18H,3-4,7,9H2,1-2H3. The van der Waals surface area contributed by atoms with Crippen molar-refractivity contribution in [3.05, 3.63) is 34.2 Å². The number of aryl methyl sites for hydroxylation is 2. The second-order valence-corrected chi connectivity index (χ2v) is 5.54. The predicted octanol–water partition coefficient (Wildman–Crippen LogP) is 1.48. The molecule has 1 aromatic carbocycles. The average molecular weight is 276 g/mol. The molecule has 1 aliphatic heterocycles. The number of fused-ring (bicyclic) bond motifs is 1. The van der Waals surface area contributed by atoms with Gasteiger partial charge in [-0.1, -0.05) is 6.07 Å². The number of aromatic nitrogens is 2. The Morgan fingerprint density at radius 2 is 2.10 bits per heavy atom. The van der Waals surface area contributed by atoms with Gasteiger partial charge < -0.3 is 9.84 Å². The average Bonchev–Trinajstić information content (AvgIpc) is 3.03. The van der Waals surface area contributed by atoms with Gasteiger partial charge >= 0.3 is 5.69 Å². The number of aliphatic hydroxyl groups excluding tert-OH is 1. The van der Waals surface area contributed by atoms with Gasteiger partial charge in [-0.3, -0.25) is 9.13 Å². The Balaban J connectivity index is 1.92. The van der Waals surface area contributed by atoms with E-state index in [-0.39, 0.29) is 11.8 Å². The van der Waals surface area contributed by atoms with Crippen molar-refractivity contribution in [3.8, 4) is 0 Å². The normalized spacial score (nSPS) is 20.6. The Bertz CT molecular complexity index is 680. The summed E-state index contributed by atoms with van der Waals surface area (Å²) in [6.45, 7) is 0.795. The molecule has 1 aliphatic rings. The number of hydrogen-bond donors (Lipinski definition) is 1. The summed E-state index contributed by atoms with van der Waals surface area (Å²) in [5.74, 6) is 0. The zero-order chi connectivity index (χ0) is 14.3. The van der Waals surface area contributed by atoms with Crippen molar-refractivity contribution in [3.63, 3.8) is 0 Å². The summed E-state index contributed by atoms with van der Waals surface area (Å²) in [6, 6.07) is 5.68. The van der Waals surface area contributed by atoms with E-state index in [2.05, 4.69) is 0 Å².